The van der Waals surface area contributed by atoms with E-state index in [9.17, 15) is 8.78 Å². The number of hydrogen-bond donors (Lipinski definition) is 0. The van der Waals surface area contributed by atoms with Crippen LogP contribution in [0.15, 0.2) is 18.3 Å². The molecule has 1 aromatic rings. The van der Waals surface area contributed by atoms with Crippen LogP contribution in [0, 0.1) is 17.8 Å². The lowest BCUT2D eigenvalue weighted by molar-refractivity contribution is -0.423. The molecule has 0 unspecified atom stereocenters. The Morgan fingerprint density at radius 1 is 1.04 bits per heavy atom. The lowest BCUT2D eigenvalue weighted by Crippen LogP contribution is -2.41. The Morgan fingerprint density at radius 3 is 2.36 bits per heavy atom. The molecule has 0 N–H and O–H groups in total. The second kappa shape index (κ2) is 8.54. The third-order valence-electron chi connectivity index (χ3n) is 5.72. The van der Waals surface area contributed by atoms with Crippen LogP contribution in [0.1, 0.15) is 56.7 Å². The highest BCUT2D eigenvalue weighted by Gasteiger charge is 2.41. The minimum atomic E-state index is -3.38. The first-order valence-corrected chi connectivity index (χ1v) is 9.65. The first kappa shape index (κ1) is 18.7. The highest BCUT2D eigenvalue weighted by molar-refractivity contribution is 5.14. The molecular weight excluding hydrogens is 324 g/mol. The third kappa shape index (κ3) is 5.45. The van der Waals surface area contributed by atoms with Crippen LogP contribution in [0.3, 0.4) is 0 Å². The Morgan fingerprint density at radius 2 is 1.76 bits per heavy atom. The molecule has 1 aliphatic heterocycles. The molecule has 1 saturated heterocycles. The van der Waals surface area contributed by atoms with Crippen LogP contribution in [0.5, 0.6) is 0 Å². The molecule has 5 heteroatoms. The number of ether oxygens (including phenoxy) is 2. The van der Waals surface area contributed by atoms with Crippen LogP contribution in [0.25, 0.3) is 0 Å². The van der Waals surface area contributed by atoms with E-state index in [1.165, 1.54) is 30.5 Å². The molecule has 0 bridgehead atoms. The van der Waals surface area contributed by atoms with Gasteiger partial charge in [-0.25, -0.2) is 0 Å². The lowest BCUT2D eigenvalue weighted by Gasteiger charge is -2.37. The van der Waals surface area contributed by atoms with Crippen molar-refractivity contribution in [1.29, 1.82) is 0 Å². The summed E-state index contributed by atoms with van der Waals surface area (Å²) in [5.41, 5.74) is 2.49. The molecule has 1 aromatic heterocycles. The summed E-state index contributed by atoms with van der Waals surface area (Å²) in [5.74, 6) is 1.30. The van der Waals surface area contributed by atoms with Crippen molar-refractivity contribution in [2.75, 3.05) is 13.2 Å². The first-order valence-electron chi connectivity index (χ1n) is 9.65. The zero-order valence-electron chi connectivity index (χ0n) is 15.1. The molecule has 140 valence electrons. The molecule has 1 saturated carbocycles. The molecule has 0 aromatic carbocycles. The average Bonchev–Trinajstić information content (AvgIpc) is 2.62. The van der Waals surface area contributed by atoms with E-state index in [1.54, 1.807) is 0 Å². The molecule has 0 spiro atoms. The largest absolute Gasteiger partial charge is 0.485 e. The monoisotopic (exact) mass is 353 g/mol. The Bertz CT molecular complexity index is 517. The van der Waals surface area contributed by atoms with Gasteiger partial charge in [-0.1, -0.05) is 32.3 Å². The van der Waals surface area contributed by atoms with Crippen molar-refractivity contribution < 1.29 is 18.3 Å². The Hall–Kier alpha value is -1.07. The fraction of sp³-hybridized carbons (Fsp3) is 0.750. The van der Waals surface area contributed by atoms with E-state index >= 15 is 0 Å². The maximum absolute atomic E-state index is 12.9. The van der Waals surface area contributed by atoms with E-state index in [1.807, 2.05) is 6.20 Å². The van der Waals surface area contributed by atoms with Gasteiger partial charge in [0.05, 0.1) is 13.2 Å². The van der Waals surface area contributed by atoms with E-state index in [-0.39, 0.29) is 19.1 Å². The van der Waals surface area contributed by atoms with Gasteiger partial charge in [-0.3, -0.25) is 14.5 Å². The third-order valence-corrected chi connectivity index (χ3v) is 5.72. The van der Waals surface area contributed by atoms with E-state index in [2.05, 4.69) is 33.5 Å². The zero-order chi connectivity index (χ0) is 17.7. The molecule has 0 atom stereocenters. The maximum atomic E-state index is 12.9. The summed E-state index contributed by atoms with van der Waals surface area (Å²) >= 11 is 0. The van der Waals surface area contributed by atoms with Crippen molar-refractivity contribution in [3.63, 3.8) is 0 Å². The van der Waals surface area contributed by atoms with Gasteiger partial charge < -0.3 is 0 Å². The number of nitrogens with zero attached hydrogens (tertiary/aromatic N) is 1. The average molecular weight is 353 g/mol. The van der Waals surface area contributed by atoms with Gasteiger partial charge in [-0.05, 0) is 55.6 Å². The fourth-order valence-corrected chi connectivity index (χ4v) is 4.11. The standard InChI is InChI=1S/C20H29F2NO2/c1-2-3-16-7-11-19(23-12-16)10-6-15-4-8-17(9-5-15)18-13-24-20(21,22)25-14-18/h7,11-12,15,17-18H,2-6,8-10,13-14H2,1H3. The van der Waals surface area contributed by atoms with Crippen LogP contribution in [0.2, 0.25) is 0 Å². The SMILES string of the molecule is CCCc1ccc(CCC2CCC(C3COC(F)(F)OC3)CC2)nc1. The first-order chi connectivity index (χ1) is 12.1. The number of alkyl halides is 2. The van der Waals surface area contributed by atoms with Crippen LogP contribution < -0.4 is 0 Å². The van der Waals surface area contributed by atoms with Crippen LogP contribution >= 0.6 is 0 Å². The summed E-state index contributed by atoms with van der Waals surface area (Å²) in [6.45, 7) is 2.42. The molecule has 2 fully saturated rings. The molecule has 2 heterocycles. The summed E-state index contributed by atoms with van der Waals surface area (Å²) < 4.78 is 34.8. The van der Waals surface area contributed by atoms with Gasteiger partial charge in [0.1, 0.15) is 0 Å². The summed E-state index contributed by atoms with van der Waals surface area (Å²) in [7, 11) is 0. The number of rotatable bonds is 6. The molecule has 1 aliphatic carbocycles. The number of aryl methyl sites for hydroxylation is 2. The number of halogens is 2. The van der Waals surface area contributed by atoms with Gasteiger partial charge in [-0.2, -0.15) is 0 Å². The molecular formula is C20H29F2NO2. The molecule has 3 nitrogen and oxygen atoms in total. The smallest absolute Gasteiger partial charge is 0.295 e. The topological polar surface area (TPSA) is 31.4 Å². The summed E-state index contributed by atoms with van der Waals surface area (Å²) in [5, 5.41) is 0. The van der Waals surface area contributed by atoms with Crippen molar-refractivity contribution >= 4 is 0 Å². The van der Waals surface area contributed by atoms with Crippen molar-refractivity contribution in [1.82, 2.24) is 4.98 Å². The normalized spacial score (nSPS) is 27.3. The predicted octanol–water partition coefficient (Wildman–Crippen LogP) is 4.99. The molecule has 0 radical (unpaired) electrons. The van der Waals surface area contributed by atoms with E-state index in [0.29, 0.717) is 5.92 Å². The second-order valence-electron chi connectivity index (χ2n) is 7.57. The van der Waals surface area contributed by atoms with Gasteiger partial charge in [0.2, 0.25) is 0 Å². The Kier molecular flexibility index (Phi) is 6.39. The number of hydrogen-bond acceptors (Lipinski definition) is 3. The molecule has 25 heavy (non-hydrogen) atoms. The highest BCUT2D eigenvalue weighted by Crippen LogP contribution is 2.38. The molecule has 0 amide bonds. The van der Waals surface area contributed by atoms with Crippen LogP contribution in [-0.4, -0.2) is 24.5 Å². The maximum Gasteiger partial charge on any atom is 0.485 e. The zero-order valence-corrected chi connectivity index (χ0v) is 15.1. The fourth-order valence-electron chi connectivity index (χ4n) is 4.11. The second-order valence-corrected chi connectivity index (χ2v) is 7.57. The summed E-state index contributed by atoms with van der Waals surface area (Å²) in [6.07, 6.45) is 7.61. The summed E-state index contributed by atoms with van der Waals surface area (Å²) in [4.78, 5) is 4.58. The van der Waals surface area contributed by atoms with E-state index in [0.717, 1.165) is 38.0 Å². The number of pyridine rings is 1. The van der Waals surface area contributed by atoms with Crippen LogP contribution in [-0.2, 0) is 22.3 Å². The van der Waals surface area contributed by atoms with Gasteiger partial charge in [0, 0.05) is 17.8 Å². The Labute approximate surface area is 149 Å². The number of aromatic nitrogens is 1. The predicted molar refractivity (Wildman–Crippen MR) is 92.3 cm³/mol. The minimum Gasteiger partial charge on any atom is -0.295 e. The van der Waals surface area contributed by atoms with Crippen molar-refractivity contribution in [3.8, 4) is 0 Å². The van der Waals surface area contributed by atoms with E-state index in [4.69, 9.17) is 0 Å². The van der Waals surface area contributed by atoms with Crippen LogP contribution in [0.4, 0.5) is 8.78 Å². The van der Waals surface area contributed by atoms with Crippen molar-refractivity contribution in [2.45, 2.75) is 64.6 Å². The summed E-state index contributed by atoms with van der Waals surface area (Å²) in [6, 6.07) is 4.36. The van der Waals surface area contributed by atoms with Gasteiger partial charge >= 0.3 is 6.29 Å². The lowest BCUT2D eigenvalue weighted by atomic mass is 9.75. The van der Waals surface area contributed by atoms with Gasteiger partial charge in [0.25, 0.3) is 0 Å². The van der Waals surface area contributed by atoms with E-state index < -0.39 is 6.29 Å². The molecule has 3 rings (SSSR count). The quantitative estimate of drug-likeness (QED) is 0.722. The van der Waals surface area contributed by atoms with Crippen molar-refractivity contribution in [2.24, 2.45) is 17.8 Å². The highest BCUT2D eigenvalue weighted by atomic mass is 19.3. The molecule has 2 aliphatic rings. The minimum absolute atomic E-state index is 0.119. The van der Waals surface area contributed by atoms with Gasteiger partial charge in [0.15, 0.2) is 0 Å². The van der Waals surface area contributed by atoms with Gasteiger partial charge in [-0.15, -0.1) is 8.78 Å². The Balaban J connectivity index is 1.38. The van der Waals surface area contributed by atoms with Crippen molar-refractivity contribution in [3.05, 3.63) is 29.6 Å².